The Morgan fingerprint density at radius 1 is 1.17 bits per heavy atom. The predicted molar refractivity (Wildman–Crippen MR) is 162 cm³/mol. The molecule has 0 radical (unpaired) electrons. The number of fused-ring (bicyclic) bond motifs is 6. The first kappa shape index (κ1) is 24.3. The van der Waals surface area contributed by atoms with Crippen LogP contribution in [0.15, 0.2) is 24.3 Å². The first-order valence-corrected chi connectivity index (χ1v) is 15.8. The molecular weight excluding hydrogens is 531 g/mol. The molecule has 6 aliphatic rings. The van der Waals surface area contributed by atoms with Crippen LogP contribution in [0.2, 0.25) is 0 Å². The van der Waals surface area contributed by atoms with E-state index in [-0.39, 0.29) is 17.6 Å². The SMILES string of the molecule is [2H]C([2H])(Oc1nc2c(c(N3CC4CCC3CN4)n1)CCN(c1cc(O)cc3ccc(F)c(CC)c13)C2)C12CCCN1CCC2. The van der Waals surface area contributed by atoms with Gasteiger partial charge in [-0.2, -0.15) is 9.97 Å². The van der Waals surface area contributed by atoms with Gasteiger partial charge in [0.15, 0.2) is 0 Å². The van der Waals surface area contributed by atoms with Gasteiger partial charge in [0, 0.05) is 54.4 Å². The van der Waals surface area contributed by atoms with Gasteiger partial charge in [0.1, 0.15) is 23.9 Å². The maximum absolute atomic E-state index is 15.0. The number of hydrogen-bond acceptors (Lipinski definition) is 8. The van der Waals surface area contributed by atoms with Gasteiger partial charge in [-0.15, -0.1) is 0 Å². The molecule has 3 aromatic rings. The Morgan fingerprint density at radius 3 is 2.76 bits per heavy atom. The number of phenols is 1. The van der Waals surface area contributed by atoms with Gasteiger partial charge in [0.2, 0.25) is 0 Å². The van der Waals surface area contributed by atoms with E-state index in [0.717, 1.165) is 98.2 Å². The van der Waals surface area contributed by atoms with E-state index in [2.05, 4.69) is 20.0 Å². The fourth-order valence-electron chi connectivity index (χ4n) is 8.33. The molecule has 2 atom stereocenters. The average Bonchev–Trinajstić information content (AvgIpc) is 3.64. The van der Waals surface area contributed by atoms with E-state index in [1.807, 2.05) is 6.92 Å². The second-order valence-electron chi connectivity index (χ2n) is 12.8. The molecule has 0 amide bonds. The molecule has 9 rings (SSSR count). The number of aromatic hydroxyl groups is 1. The highest BCUT2D eigenvalue weighted by molar-refractivity contribution is 5.98. The number of nitrogens with zero attached hydrogens (tertiary/aromatic N) is 5. The maximum Gasteiger partial charge on any atom is 0.318 e. The zero-order chi connectivity index (χ0) is 30.2. The van der Waals surface area contributed by atoms with Gasteiger partial charge in [0.25, 0.3) is 0 Å². The van der Waals surface area contributed by atoms with E-state index in [1.54, 1.807) is 18.2 Å². The Kier molecular flexibility index (Phi) is 5.92. The van der Waals surface area contributed by atoms with Crippen molar-refractivity contribution in [2.24, 2.45) is 0 Å². The van der Waals surface area contributed by atoms with Crippen molar-refractivity contribution in [3.8, 4) is 11.8 Å². The molecule has 7 heterocycles. The summed E-state index contributed by atoms with van der Waals surface area (Å²) < 4.78 is 39.7. The van der Waals surface area contributed by atoms with E-state index < -0.39 is 12.1 Å². The number of benzene rings is 2. The minimum Gasteiger partial charge on any atom is -0.508 e. The Balaban J connectivity index is 1.21. The molecule has 5 fully saturated rings. The number of rotatable bonds is 6. The lowest BCUT2D eigenvalue weighted by molar-refractivity contribution is 0.107. The van der Waals surface area contributed by atoms with Crippen LogP contribution in [0, 0.1) is 5.82 Å². The molecule has 8 nitrogen and oxygen atoms in total. The number of piperidine rings is 2. The zero-order valence-corrected chi connectivity index (χ0v) is 24.3. The van der Waals surface area contributed by atoms with Crippen molar-refractivity contribution in [1.29, 1.82) is 0 Å². The predicted octanol–water partition coefficient (Wildman–Crippen LogP) is 4.55. The molecule has 0 spiro atoms. The Morgan fingerprint density at radius 2 is 2.02 bits per heavy atom. The van der Waals surface area contributed by atoms with Crippen LogP contribution in [-0.2, 0) is 19.4 Å². The summed E-state index contributed by atoms with van der Waals surface area (Å²) in [5.74, 6) is 0.763. The third kappa shape index (κ3) is 4.30. The lowest BCUT2D eigenvalue weighted by atomic mass is 9.92. The van der Waals surface area contributed by atoms with Crippen molar-refractivity contribution in [3.63, 3.8) is 0 Å². The third-order valence-corrected chi connectivity index (χ3v) is 10.4. The normalized spacial score (nSPS) is 25.9. The van der Waals surface area contributed by atoms with Crippen molar-refractivity contribution in [3.05, 3.63) is 46.9 Å². The van der Waals surface area contributed by atoms with Gasteiger partial charge in [0.05, 0.1) is 20.5 Å². The first-order chi connectivity index (χ1) is 21.3. The molecular formula is C33H41FN6O2. The van der Waals surface area contributed by atoms with E-state index in [0.29, 0.717) is 43.6 Å². The summed E-state index contributed by atoms with van der Waals surface area (Å²) in [7, 11) is 0. The molecule has 222 valence electrons. The number of ether oxygens (including phenoxy) is 1. The lowest BCUT2D eigenvalue weighted by Crippen LogP contribution is -2.61. The molecule has 6 aliphatic heterocycles. The number of aromatic nitrogens is 2. The number of halogens is 1. The summed E-state index contributed by atoms with van der Waals surface area (Å²) in [4.78, 5) is 16.7. The zero-order valence-electron chi connectivity index (χ0n) is 26.3. The second kappa shape index (κ2) is 10.2. The summed E-state index contributed by atoms with van der Waals surface area (Å²) in [5, 5.41) is 15.9. The molecule has 9 heteroatoms. The average molecular weight is 575 g/mol. The smallest absolute Gasteiger partial charge is 0.318 e. The van der Waals surface area contributed by atoms with E-state index in [4.69, 9.17) is 14.7 Å². The van der Waals surface area contributed by atoms with Gasteiger partial charge >= 0.3 is 6.01 Å². The summed E-state index contributed by atoms with van der Waals surface area (Å²) in [5.41, 5.74) is 2.66. The standard InChI is InChI=1S/C33H41FN6O2/c1-2-25-27(34)8-5-21-15-24(41)16-29(30(21)25)38-14-9-26-28(19-38)36-32(42-20-33-10-3-12-39(33)13-4-11-33)37-31(26)40-18-22-6-7-23(40)17-35-22/h5,8,15-16,22-23,35,41H,2-4,6-7,9-14,17-20H2,1H3/i20D2. The van der Waals surface area contributed by atoms with E-state index >= 15 is 4.39 Å². The number of anilines is 2. The molecule has 2 aromatic carbocycles. The van der Waals surface area contributed by atoms with Crippen molar-refractivity contribution in [2.45, 2.75) is 82.5 Å². The quantitative estimate of drug-likeness (QED) is 0.444. The van der Waals surface area contributed by atoms with Crippen LogP contribution >= 0.6 is 0 Å². The Hall–Kier alpha value is -3.17. The first-order valence-electron chi connectivity index (χ1n) is 16.8. The Labute approximate surface area is 249 Å². The maximum atomic E-state index is 15.0. The van der Waals surface area contributed by atoms with Gasteiger partial charge in [-0.3, -0.25) is 4.90 Å². The summed E-state index contributed by atoms with van der Waals surface area (Å²) >= 11 is 0. The highest BCUT2D eigenvalue weighted by atomic mass is 19.1. The number of piperazine rings is 1. The van der Waals surface area contributed by atoms with Crippen LogP contribution in [0.1, 0.15) is 65.0 Å². The fraction of sp³-hybridized carbons (Fsp3) is 0.576. The van der Waals surface area contributed by atoms with Crippen molar-refractivity contribution in [2.75, 3.05) is 49.1 Å². The number of hydrogen-bond donors (Lipinski definition) is 2. The van der Waals surface area contributed by atoms with Gasteiger partial charge < -0.3 is 25.0 Å². The van der Waals surface area contributed by atoms with Crippen LogP contribution in [0.5, 0.6) is 11.8 Å². The topological polar surface area (TPSA) is 77.0 Å². The molecule has 0 aliphatic carbocycles. The number of phenolic OH excluding ortho intramolecular Hbond substituents is 1. The fourth-order valence-corrected chi connectivity index (χ4v) is 8.33. The minimum atomic E-state index is -1.93. The summed E-state index contributed by atoms with van der Waals surface area (Å²) in [6.45, 7) is 4.68. The van der Waals surface area contributed by atoms with Crippen molar-refractivity contribution < 1.29 is 17.0 Å². The molecule has 2 bridgehead atoms. The number of aryl methyl sites for hydroxylation is 1. The van der Waals surface area contributed by atoms with Gasteiger partial charge in [-0.25, -0.2) is 4.39 Å². The van der Waals surface area contributed by atoms with Crippen LogP contribution in [0.3, 0.4) is 0 Å². The molecule has 2 unspecified atom stereocenters. The summed E-state index contributed by atoms with van der Waals surface area (Å²) in [6.07, 6.45) is 6.94. The largest absolute Gasteiger partial charge is 0.508 e. The second-order valence-corrected chi connectivity index (χ2v) is 12.8. The van der Waals surface area contributed by atoms with E-state index in [1.165, 1.54) is 6.07 Å². The molecule has 5 saturated heterocycles. The van der Waals surface area contributed by atoms with Crippen molar-refractivity contribution >= 4 is 22.3 Å². The Bertz CT molecular complexity index is 1600. The molecule has 2 N–H and O–H groups in total. The van der Waals surface area contributed by atoms with Crippen LogP contribution in [0.4, 0.5) is 15.9 Å². The van der Waals surface area contributed by atoms with Gasteiger partial charge in [-0.1, -0.05) is 13.0 Å². The molecule has 42 heavy (non-hydrogen) atoms. The minimum absolute atomic E-state index is 0.0918. The molecule has 1 aromatic heterocycles. The summed E-state index contributed by atoms with van der Waals surface area (Å²) in [6, 6.07) is 7.45. The highest BCUT2D eigenvalue weighted by Gasteiger charge is 2.45. The van der Waals surface area contributed by atoms with Gasteiger partial charge in [-0.05, 0) is 87.5 Å². The highest BCUT2D eigenvalue weighted by Crippen LogP contribution is 2.41. The van der Waals surface area contributed by atoms with Crippen molar-refractivity contribution in [1.82, 2.24) is 20.2 Å². The lowest BCUT2D eigenvalue weighted by Gasteiger charge is -2.47. The van der Waals surface area contributed by atoms with Crippen LogP contribution in [0.25, 0.3) is 10.8 Å². The third-order valence-electron chi connectivity index (χ3n) is 10.4. The van der Waals surface area contributed by atoms with Crippen LogP contribution < -0.4 is 19.9 Å². The number of nitrogens with one attached hydrogen (secondary N) is 1. The van der Waals surface area contributed by atoms with E-state index in [9.17, 15) is 7.85 Å². The molecule has 0 saturated carbocycles. The van der Waals surface area contributed by atoms with Crippen LogP contribution in [-0.4, -0.2) is 76.9 Å². The monoisotopic (exact) mass is 574 g/mol.